The Kier molecular flexibility index (Phi) is 5.93. The number of thioether (sulfide) groups is 1. The van der Waals surface area contributed by atoms with Gasteiger partial charge < -0.3 is 9.52 Å². The minimum Gasteiger partial charge on any atom is -0.481 e. The minimum atomic E-state index is -0.738. The van der Waals surface area contributed by atoms with Gasteiger partial charge in [0.05, 0.1) is 5.92 Å². The Morgan fingerprint density at radius 3 is 2.18 bits per heavy atom. The number of hydrogen-bond donors (Lipinski definition) is 1. The molecule has 0 spiro atoms. The maximum atomic E-state index is 10.9. The third-order valence-corrected chi connectivity index (χ3v) is 7.22. The van der Waals surface area contributed by atoms with Crippen molar-refractivity contribution in [2.45, 2.75) is 12.7 Å². The summed E-state index contributed by atoms with van der Waals surface area (Å²) in [6, 6.07) is 31.6. The smallest absolute Gasteiger partial charge is 0.307 e. The largest absolute Gasteiger partial charge is 0.481 e. The number of carbonyl (C=O) groups is 1. The predicted octanol–water partition coefficient (Wildman–Crippen LogP) is 7.87. The second-order valence-corrected chi connectivity index (χ2v) is 9.34. The molecule has 5 rings (SSSR count). The third kappa shape index (κ3) is 4.39. The number of furan rings is 1. The van der Waals surface area contributed by atoms with E-state index in [-0.39, 0.29) is 5.92 Å². The van der Waals surface area contributed by atoms with Crippen LogP contribution in [-0.2, 0) is 10.5 Å². The van der Waals surface area contributed by atoms with Crippen LogP contribution in [-0.4, -0.2) is 16.8 Å². The van der Waals surface area contributed by atoms with Crippen LogP contribution in [0, 0.1) is 5.92 Å². The van der Waals surface area contributed by atoms with Gasteiger partial charge in [0.25, 0.3) is 0 Å². The Bertz CT molecular complexity index is 1420. The van der Waals surface area contributed by atoms with Crippen LogP contribution in [0.2, 0.25) is 0 Å². The molecule has 0 radical (unpaired) electrons. The van der Waals surface area contributed by atoms with Crippen molar-refractivity contribution >= 4 is 39.7 Å². The van der Waals surface area contributed by atoms with E-state index >= 15 is 0 Å². The highest BCUT2D eigenvalue weighted by atomic mass is 32.2. The standard InChI is InChI=1S/C29H24O3S/c1-19(29(30)31)17-33-18-20-9-11-21(12-10-20)22-13-15-23(16-14-22)24-6-4-7-26-25-5-2-3-8-27(25)32-28(24)26/h2-16,19H,17-18H2,1H3,(H,30,31). The van der Waals surface area contributed by atoms with Crippen LogP contribution in [0.15, 0.2) is 95.4 Å². The SMILES string of the molecule is CC(CSCc1ccc(-c2ccc(-c3cccc4c3oc3ccccc34)cc2)cc1)C(=O)O. The molecule has 1 unspecified atom stereocenters. The van der Waals surface area contributed by atoms with Crippen molar-refractivity contribution in [3.8, 4) is 22.3 Å². The molecule has 164 valence electrons. The molecule has 4 heteroatoms. The Balaban J connectivity index is 1.34. The lowest BCUT2D eigenvalue weighted by molar-refractivity contribution is -0.140. The lowest BCUT2D eigenvalue weighted by Crippen LogP contribution is -2.11. The highest BCUT2D eigenvalue weighted by molar-refractivity contribution is 7.98. The average molecular weight is 453 g/mol. The van der Waals surface area contributed by atoms with Gasteiger partial charge in [-0.1, -0.05) is 91.9 Å². The average Bonchev–Trinajstić information content (AvgIpc) is 3.23. The fourth-order valence-corrected chi connectivity index (χ4v) is 5.08. The number of carboxylic acid groups (broad SMARTS) is 1. The number of carboxylic acids is 1. The van der Waals surface area contributed by atoms with Gasteiger partial charge in [-0.2, -0.15) is 11.8 Å². The van der Waals surface area contributed by atoms with Crippen LogP contribution in [0.1, 0.15) is 12.5 Å². The zero-order valence-corrected chi connectivity index (χ0v) is 19.1. The normalized spacial score (nSPS) is 12.3. The highest BCUT2D eigenvalue weighted by Crippen LogP contribution is 2.36. The number of hydrogen-bond acceptors (Lipinski definition) is 3. The van der Waals surface area contributed by atoms with Gasteiger partial charge in [0.15, 0.2) is 0 Å². The summed E-state index contributed by atoms with van der Waals surface area (Å²) < 4.78 is 6.19. The zero-order valence-electron chi connectivity index (χ0n) is 18.3. The molecule has 0 bridgehead atoms. The van der Waals surface area contributed by atoms with E-state index in [2.05, 4.69) is 72.8 Å². The van der Waals surface area contributed by atoms with Crippen molar-refractivity contribution < 1.29 is 14.3 Å². The molecular formula is C29H24O3S. The lowest BCUT2D eigenvalue weighted by atomic mass is 9.98. The monoisotopic (exact) mass is 452 g/mol. The van der Waals surface area contributed by atoms with E-state index in [4.69, 9.17) is 9.52 Å². The quantitative estimate of drug-likeness (QED) is 0.273. The van der Waals surface area contributed by atoms with Gasteiger partial charge in [-0.25, -0.2) is 0 Å². The van der Waals surface area contributed by atoms with Gasteiger partial charge in [-0.05, 0) is 28.3 Å². The number of benzene rings is 4. The molecule has 0 amide bonds. The summed E-state index contributed by atoms with van der Waals surface area (Å²) in [7, 11) is 0. The molecular weight excluding hydrogens is 428 g/mol. The maximum absolute atomic E-state index is 10.9. The molecule has 0 aliphatic rings. The van der Waals surface area contributed by atoms with E-state index in [0.717, 1.165) is 49.9 Å². The molecule has 1 aromatic heterocycles. The number of aliphatic carboxylic acids is 1. The first-order valence-corrected chi connectivity index (χ1v) is 12.2. The van der Waals surface area contributed by atoms with E-state index in [9.17, 15) is 4.79 Å². The van der Waals surface area contributed by atoms with Crippen LogP contribution < -0.4 is 0 Å². The fraction of sp³-hybridized carbons (Fsp3) is 0.138. The Labute approximate surface area is 197 Å². The second kappa shape index (κ2) is 9.16. The summed E-state index contributed by atoms with van der Waals surface area (Å²) >= 11 is 1.66. The summed E-state index contributed by atoms with van der Waals surface area (Å²) in [5.41, 5.74) is 7.58. The van der Waals surface area contributed by atoms with Crippen molar-refractivity contribution in [1.82, 2.24) is 0 Å². The highest BCUT2D eigenvalue weighted by Gasteiger charge is 2.12. The van der Waals surface area contributed by atoms with E-state index in [1.54, 1.807) is 18.7 Å². The lowest BCUT2D eigenvalue weighted by Gasteiger charge is -2.08. The van der Waals surface area contributed by atoms with Gasteiger partial charge >= 0.3 is 5.97 Å². The van der Waals surface area contributed by atoms with E-state index in [0.29, 0.717) is 5.75 Å². The van der Waals surface area contributed by atoms with Crippen LogP contribution in [0.5, 0.6) is 0 Å². The number of rotatable bonds is 7. The predicted molar refractivity (Wildman–Crippen MR) is 138 cm³/mol. The molecule has 4 aromatic carbocycles. The van der Waals surface area contributed by atoms with E-state index < -0.39 is 5.97 Å². The summed E-state index contributed by atoms with van der Waals surface area (Å²) in [6.07, 6.45) is 0. The molecule has 0 saturated heterocycles. The minimum absolute atomic E-state index is 0.321. The molecule has 5 aromatic rings. The summed E-state index contributed by atoms with van der Waals surface area (Å²) in [5, 5.41) is 11.3. The maximum Gasteiger partial charge on any atom is 0.307 e. The fourth-order valence-electron chi connectivity index (χ4n) is 4.03. The molecule has 0 saturated carbocycles. The molecule has 33 heavy (non-hydrogen) atoms. The van der Waals surface area contributed by atoms with Crippen LogP contribution in [0.4, 0.5) is 0 Å². The third-order valence-electron chi connectivity index (χ3n) is 5.95. The first-order chi connectivity index (χ1) is 16.1. The van der Waals surface area contributed by atoms with Gasteiger partial charge in [-0.15, -0.1) is 0 Å². The van der Waals surface area contributed by atoms with Crippen molar-refractivity contribution in [3.63, 3.8) is 0 Å². The molecule has 1 atom stereocenters. The first-order valence-electron chi connectivity index (χ1n) is 11.0. The van der Waals surface area contributed by atoms with Gasteiger partial charge in [0.2, 0.25) is 0 Å². The van der Waals surface area contributed by atoms with Crippen molar-refractivity contribution in [1.29, 1.82) is 0 Å². The topological polar surface area (TPSA) is 50.4 Å². The molecule has 3 nitrogen and oxygen atoms in total. The van der Waals surface area contributed by atoms with E-state index in [1.165, 1.54) is 5.56 Å². The second-order valence-electron chi connectivity index (χ2n) is 8.31. The summed E-state index contributed by atoms with van der Waals surface area (Å²) in [5.74, 6) is 0.380. The molecule has 0 aliphatic carbocycles. The molecule has 0 aliphatic heterocycles. The number of fused-ring (bicyclic) bond motifs is 3. The van der Waals surface area contributed by atoms with Gasteiger partial charge in [0, 0.05) is 27.8 Å². The Morgan fingerprint density at radius 1 is 0.818 bits per heavy atom. The molecule has 0 fully saturated rings. The Morgan fingerprint density at radius 2 is 1.45 bits per heavy atom. The summed E-state index contributed by atoms with van der Waals surface area (Å²) in [6.45, 7) is 1.75. The first kappa shape index (κ1) is 21.4. The van der Waals surface area contributed by atoms with E-state index in [1.807, 2.05) is 18.2 Å². The van der Waals surface area contributed by atoms with Crippen LogP contribution in [0.3, 0.4) is 0 Å². The van der Waals surface area contributed by atoms with Crippen molar-refractivity contribution in [2.24, 2.45) is 5.92 Å². The van der Waals surface area contributed by atoms with Crippen molar-refractivity contribution in [2.75, 3.05) is 5.75 Å². The number of para-hydroxylation sites is 2. The molecule has 1 N–H and O–H groups in total. The van der Waals surface area contributed by atoms with Gasteiger partial charge in [0.1, 0.15) is 11.2 Å². The zero-order chi connectivity index (χ0) is 22.8. The molecule has 1 heterocycles. The van der Waals surface area contributed by atoms with Crippen LogP contribution in [0.25, 0.3) is 44.2 Å². The van der Waals surface area contributed by atoms with Crippen LogP contribution >= 0.6 is 11.8 Å². The Hall–Kier alpha value is -3.50. The summed E-state index contributed by atoms with van der Waals surface area (Å²) in [4.78, 5) is 10.9. The van der Waals surface area contributed by atoms with Crippen molar-refractivity contribution in [3.05, 3.63) is 96.6 Å². The van der Waals surface area contributed by atoms with Gasteiger partial charge in [-0.3, -0.25) is 4.79 Å².